The van der Waals surface area contributed by atoms with Crippen molar-refractivity contribution in [1.82, 2.24) is 0 Å². The number of carbonyl (C=O) groups excluding carboxylic acids is 2. The predicted molar refractivity (Wildman–Crippen MR) is 143 cm³/mol. The maximum Gasteiger partial charge on any atom is 0.355 e. The van der Waals surface area contributed by atoms with E-state index in [0.29, 0.717) is 10.5 Å². The number of benzene rings is 3. The van der Waals surface area contributed by atoms with Crippen LogP contribution in [0.2, 0.25) is 0 Å². The average Bonchev–Trinajstić information content (AvgIpc) is 2.96. The summed E-state index contributed by atoms with van der Waals surface area (Å²) in [7, 11) is 2.24. The number of carbonyl (C=O) groups is 2. The third kappa shape index (κ3) is 5.18. The van der Waals surface area contributed by atoms with Crippen molar-refractivity contribution < 1.29 is 24.0 Å². The number of anilines is 1. The summed E-state index contributed by atoms with van der Waals surface area (Å²) in [6, 6.07) is 24.1. The lowest BCUT2D eigenvalue weighted by Gasteiger charge is -2.35. The minimum absolute atomic E-state index is 0.0929. The lowest BCUT2D eigenvalue weighted by atomic mass is 9.81. The van der Waals surface area contributed by atoms with Crippen LogP contribution in [-0.2, 0) is 19.1 Å². The fraction of sp³-hybridized carbons (Fsp3) is 0.107. The molecule has 0 saturated carbocycles. The first-order valence-electron chi connectivity index (χ1n) is 11.5. The highest BCUT2D eigenvalue weighted by Crippen LogP contribution is 2.46. The molecule has 1 unspecified atom stereocenters. The van der Waals surface area contributed by atoms with Crippen molar-refractivity contribution >= 4 is 35.1 Å². The van der Waals surface area contributed by atoms with Gasteiger partial charge in [-0.1, -0.05) is 60.3 Å². The Bertz CT molecular complexity index is 1550. The summed E-state index contributed by atoms with van der Waals surface area (Å²) in [5.41, 5.74) is 5.75. The number of nitrogens with two attached hydrogens (primary N) is 1. The summed E-state index contributed by atoms with van der Waals surface area (Å²) < 4.78 is 10.0. The van der Waals surface area contributed by atoms with E-state index in [2.05, 4.69) is 0 Å². The van der Waals surface area contributed by atoms with Crippen LogP contribution in [0.5, 0.6) is 0 Å². The molecule has 2 N–H and O–H groups in total. The van der Waals surface area contributed by atoms with E-state index in [9.17, 15) is 25.0 Å². The van der Waals surface area contributed by atoms with Crippen molar-refractivity contribution in [2.75, 3.05) is 19.1 Å². The van der Waals surface area contributed by atoms with Crippen LogP contribution in [-0.4, -0.2) is 31.1 Å². The Morgan fingerprint density at radius 3 is 2.15 bits per heavy atom. The molecule has 4 rings (SSSR count). The summed E-state index contributed by atoms with van der Waals surface area (Å²) in [4.78, 5) is 40.5. The molecule has 0 saturated heterocycles. The Hall–Kier alpha value is -5.08. The fourth-order valence-electron chi connectivity index (χ4n) is 4.29. The Labute approximate surface area is 228 Å². The molecule has 0 amide bonds. The van der Waals surface area contributed by atoms with Gasteiger partial charge in [0.25, 0.3) is 5.69 Å². The van der Waals surface area contributed by atoms with Crippen molar-refractivity contribution in [2.45, 2.75) is 15.7 Å². The number of allylic oxidation sites excluding steroid dienone is 1. The highest BCUT2D eigenvalue weighted by molar-refractivity contribution is 7.99. The van der Waals surface area contributed by atoms with E-state index < -0.39 is 28.5 Å². The third-order valence-electron chi connectivity index (χ3n) is 5.97. The molecule has 1 aliphatic rings. The van der Waals surface area contributed by atoms with Gasteiger partial charge in [0.2, 0.25) is 0 Å². The van der Waals surface area contributed by atoms with Crippen molar-refractivity contribution in [2.24, 2.45) is 5.73 Å². The minimum Gasteiger partial charge on any atom is -0.466 e. The number of ether oxygens (including phenoxy) is 2. The Kier molecular flexibility index (Phi) is 7.98. The van der Waals surface area contributed by atoms with Crippen LogP contribution in [0, 0.1) is 21.4 Å². The second-order valence-corrected chi connectivity index (χ2v) is 9.30. The Morgan fingerprint density at radius 2 is 1.59 bits per heavy atom. The van der Waals surface area contributed by atoms with Crippen molar-refractivity contribution in [3.63, 3.8) is 0 Å². The van der Waals surface area contributed by atoms with Crippen LogP contribution >= 0.6 is 11.8 Å². The van der Waals surface area contributed by atoms with Crippen molar-refractivity contribution in [1.29, 1.82) is 5.26 Å². The number of esters is 2. The van der Waals surface area contributed by atoms with E-state index in [4.69, 9.17) is 15.2 Å². The van der Waals surface area contributed by atoms with E-state index in [1.54, 1.807) is 36.4 Å². The maximum absolute atomic E-state index is 13.3. The second kappa shape index (κ2) is 11.5. The highest BCUT2D eigenvalue weighted by atomic mass is 32.2. The van der Waals surface area contributed by atoms with Crippen LogP contribution in [0.1, 0.15) is 11.5 Å². The first kappa shape index (κ1) is 27.0. The lowest BCUT2D eigenvalue weighted by Crippen LogP contribution is -2.41. The lowest BCUT2D eigenvalue weighted by molar-refractivity contribution is -0.384. The topological polar surface area (TPSA) is 149 Å². The molecule has 0 aliphatic carbocycles. The molecular weight excluding hydrogens is 520 g/mol. The molecule has 1 atom stereocenters. The molecule has 0 aromatic heterocycles. The third-order valence-corrected chi connectivity index (χ3v) is 6.97. The number of methoxy groups -OCH3 is 2. The summed E-state index contributed by atoms with van der Waals surface area (Å²) in [5.74, 6) is -3.27. The number of nitrogens with zero attached hydrogens (tertiary/aromatic N) is 3. The zero-order valence-electron chi connectivity index (χ0n) is 20.9. The number of hydrogen-bond donors (Lipinski definition) is 1. The molecule has 0 radical (unpaired) electrons. The number of nitro groups is 1. The van der Waals surface area contributed by atoms with Crippen LogP contribution in [0.3, 0.4) is 0 Å². The molecule has 1 heterocycles. The van der Waals surface area contributed by atoms with E-state index in [-0.39, 0.29) is 28.4 Å². The van der Waals surface area contributed by atoms with E-state index in [1.165, 1.54) is 23.9 Å². The highest BCUT2D eigenvalue weighted by Gasteiger charge is 2.44. The van der Waals surface area contributed by atoms with Gasteiger partial charge in [0.05, 0.1) is 42.3 Å². The SMILES string of the molecule is COC(=O)C1=C(C(=O)OC)N(c2cc(Sc3ccccc3)ccc2[N+](=O)[O-])C(N)=C(C#N)C1c1ccccc1. The van der Waals surface area contributed by atoms with Gasteiger partial charge in [0.15, 0.2) is 0 Å². The van der Waals surface area contributed by atoms with Crippen LogP contribution in [0.25, 0.3) is 0 Å². The first-order valence-corrected chi connectivity index (χ1v) is 12.3. The normalized spacial score (nSPS) is 15.0. The number of rotatable bonds is 7. The summed E-state index contributed by atoms with van der Waals surface area (Å²) >= 11 is 1.32. The summed E-state index contributed by atoms with van der Waals surface area (Å²) in [6.07, 6.45) is 0. The number of hydrogen-bond acceptors (Lipinski definition) is 10. The van der Waals surface area contributed by atoms with E-state index >= 15 is 0 Å². The van der Waals surface area contributed by atoms with Gasteiger partial charge in [-0.25, -0.2) is 9.59 Å². The van der Waals surface area contributed by atoms with Gasteiger partial charge in [0, 0.05) is 15.9 Å². The van der Waals surface area contributed by atoms with Gasteiger partial charge >= 0.3 is 11.9 Å². The van der Waals surface area contributed by atoms with Crippen LogP contribution < -0.4 is 10.6 Å². The molecule has 3 aromatic carbocycles. The monoisotopic (exact) mass is 542 g/mol. The van der Waals surface area contributed by atoms with Crippen molar-refractivity contribution in [3.8, 4) is 6.07 Å². The quantitative estimate of drug-likeness (QED) is 0.254. The molecule has 0 spiro atoms. The second-order valence-electron chi connectivity index (χ2n) is 8.16. The molecule has 3 aromatic rings. The first-order chi connectivity index (χ1) is 18.8. The molecule has 196 valence electrons. The van der Waals surface area contributed by atoms with Crippen LogP contribution in [0.4, 0.5) is 11.4 Å². The zero-order chi connectivity index (χ0) is 28.1. The fourth-order valence-corrected chi connectivity index (χ4v) is 5.16. The van der Waals surface area contributed by atoms with E-state index in [0.717, 1.165) is 24.0 Å². The van der Waals surface area contributed by atoms with Gasteiger partial charge < -0.3 is 15.2 Å². The van der Waals surface area contributed by atoms with Crippen molar-refractivity contribution in [3.05, 3.63) is 117 Å². The van der Waals surface area contributed by atoms with Crippen LogP contribution in [0.15, 0.2) is 111 Å². The molecule has 10 nitrogen and oxygen atoms in total. The molecule has 0 bridgehead atoms. The Balaban J connectivity index is 2.05. The largest absolute Gasteiger partial charge is 0.466 e. The molecular formula is C28H22N4O6S. The van der Waals surface area contributed by atoms with Gasteiger partial charge in [-0.15, -0.1) is 0 Å². The molecule has 11 heteroatoms. The summed E-state index contributed by atoms with van der Waals surface area (Å²) in [6.45, 7) is 0. The molecule has 0 fully saturated rings. The summed E-state index contributed by atoms with van der Waals surface area (Å²) in [5, 5.41) is 22.3. The maximum atomic E-state index is 13.3. The minimum atomic E-state index is -1.09. The Morgan fingerprint density at radius 1 is 0.974 bits per heavy atom. The number of nitriles is 1. The molecule has 39 heavy (non-hydrogen) atoms. The van der Waals surface area contributed by atoms with E-state index in [1.807, 2.05) is 36.4 Å². The number of nitro benzene ring substituents is 1. The zero-order valence-corrected chi connectivity index (χ0v) is 21.7. The smallest absolute Gasteiger partial charge is 0.355 e. The predicted octanol–water partition coefficient (Wildman–Crippen LogP) is 4.64. The van der Waals surface area contributed by atoms with Gasteiger partial charge in [-0.05, 0) is 29.8 Å². The standard InChI is InChI=1S/C28H22N4O6S/c1-37-27(33)24-23(17-9-5-3-6-10-17)20(16-29)26(30)31(25(24)28(34)38-2)22-15-19(13-14-21(22)32(35)36)39-18-11-7-4-8-12-18/h3-15,23H,30H2,1-2H3. The van der Waals surface area contributed by atoms with Gasteiger partial charge in [-0.2, -0.15) is 5.26 Å². The molecule has 1 aliphatic heterocycles. The van der Waals surface area contributed by atoms with Gasteiger partial charge in [0.1, 0.15) is 17.2 Å². The van der Waals surface area contributed by atoms with Gasteiger partial charge in [-0.3, -0.25) is 15.0 Å². The average molecular weight is 543 g/mol.